The van der Waals surface area contributed by atoms with Gasteiger partial charge in [0, 0.05) is 32.1 Å². The van der Waals surface area contributed by atoms with Crippen molar-refractivity contribution in [2.75, 3.05) is 34.5 Å². The second-order valence-electron chi connectivity index (χ2n) is 18.6. The summed E-state index contributed by atoms with van der Waals surface area (Å²) in [5.74, 6) is -1.26. The van der Waals surface area contributed by atoms with Crippen molar-refractivity contribution in [1.82, 2.24) is 0 Å². The first-order valence-corrected chi connectivity index (χ1v) is 26.0. The van der Waals surface area contributed by atoms with Crippen LogP contribution in [0.15, 0.2) is 83.8 Å². The number of methoxy groups -OCH3 is 3. The Bertz CT molecular complexity index is 1790. The molecule has 7 atom stereocenters. The molecule has 4 rings (SSSR count). The SMILES string of the molecule is C/C=C/CCCCC[C@@H]1C=C2[C@@H]3OC(c4ccc(OC)cc4)OC[C@]2(/C(O)=C\[N+]#N)CC=C(COC(=O)C(C)(C)C)[C@@H]3[C@H]1C[C@@H](O[Si](CC)(CC)CC)C(CC/C=C/C)(OC)OC. The Morgan fingerprint density at radius 2 is 1.67 bits per heavy atom. The molecule has 1 heterocycles. The maximum Gasteiger partial charge on any atom is 0.388 e. The normalized spacial score (nSPS) is 24.9. The van der Waals surface area contributed by atoms with Crippen LogP contribution in [0.1, 0.15) is 125 Å². The fourth-order valence-electron chi connectivity index (χ4n) is 9.88. The van der Waals surface area contributed by atoms with Crippen molar-refractivity contribution in [1.29, 1.82) is 5.39 Å². The molecule has 0 radical (unpaired) electrons. The van der Waals surface area contributed by atoms with E-state index in [2.05, 4.69) is 69.1 Å². The lowest BCUT2D eigenvalue weighted by molar-refractivity contribution is -0.263. The van der Waals surface area contributed by atoms with Crippen LogP contribution < -0.4 is 4.74 Å². The number of carbonyl (C=O) groups excluding carboxylic acids is 1. The largest absolute Gasteiger partial charge is 0.505 e. The number of ether oxygens (including phenoxy) is 6. The molecule has 1 saturated heterocycles. The number of carbonyl (C=O) groups is 1. The third-order valence-corrected chi connectivity index (χ3v) is 18.7. The molecule has 0 saturated carbocycles. The summed E-state index contributed by atoms with van der Waals surface area (Å²) in [5.41, 5.74) is 0.713. The van der Waals surface area contributed by atoms with E-state index in [1.807, 2.05) is 52.0 Å². The number of benzene rings is 1. The zero-order valence-electron chi connectivity index (χ0n) is 40.3. The minimum atomic E-state index is -2.28. The van der Waals surface area contributed by atoms with Crippen LogP contribution in [0.3, 0.4) is 0 Å². The van der Waals surface area contributed by atoms with E-state index in [0.717, 1.165) is 79.6 Å². The Kier molecular flexibility index (Phi) is 19.9. The van der Waals surface area contributed by atoms with Crippen LogP contribution in [0.2, 0.25) is 18.1 Å². The minimum Gasteiger partial charge on any atom is -0.505 e. The van der Waals surface area contributed by atoms with Crippen LogP contribution in [0.5, 0.6) is 5.75 Å². The summed E-state index contributed by atoms with van der Waals surface area (Å²) in [5, 5.41) is 22.0. The Morgan fingerprint density at radius 3 is 2.25 bits per heavy atom. The van der Waals surface area contributed by atoms with Crippen LogP contribution >= 0.6 is 0 Å². The van der Waals surface area contributed by atoms with E-state index in [0.29, 0.717) is 25.0 Å². The minimum absolute atomic E-state index is 0.0174. The summed E-state index contributed by atoms with van der Waals surface area (Å²) < 4.78 is 46.4. The standard InChI is InChI=1S/C51H78N2O9Si/c1-12-17-19-20-21-22-24-38-32-42-46-45(41(38)33-44(62-63(14-3,15-4)16-5)51(57-10,58-11)30-23-18-13-2)39(35-59-48(55)49(6,7)8)29-31-50(42,43(54)34-53-52)36-60-47(61-46)37-25-27-40(56-9)28-26-37/h12-13,17-18,25-29,32,34,38,41,44-47H,14-16,19-24,30-31,33,35-36H2,1-11H3/p+1/b17-12+,18-13+,43-34+/t38-,41+,44-,45-,46+,47?,50-/m1/s1. The number of rotatable bonds is 24. The highest BCUT2D eigenvalue weighted by Gasteiger charge is 2.57. The van der Waals surface area contributed by atoms with Crippen molar-refractivity contribution in [3.63, 3.8) is 0 Å². The molecule has 1 aromatic carbocycles. The Hall–Kier alpha value is -3.57. The summed E-state index contributed by atoms with van der Waals surface area (Å²) in [6.45, 7) is 16.5. The zero-order chi connectivity index (χ0) is 46.3. The summed E-state index contributed by atoms with van der Waals surface area (Å²) in [6.07, 6.45) is 19.4. The van der Waals surface area contributed by atoms with Crippen LogP contribution in [-0.2, 0) is 32.9 Å². The molecule has 1 aliphatic heterocycles. The van der Waals surface area contributed by atoms with Gasteiger partial charge in [-0.1, -0.05) is 82.2 Å². The average Bonchev–Trinajstić information content (AvgIpc) is 3.50. The molecular formula is C51H79N2O9Si+. The molecule has 1 fully saturated rings. The molecule has 3 aliphatic rings. The molecule has 1 unspecified atom stereocenters. The first-order valence-electron chi connectivity index (χ1n) is 23.4. The Balaban J connectivity index is 2.05. The number of aliphatic hydroxyl groups is 1. The van der Waals surface area contributed by atoms with Gasteiger partial charge in [-0.05, 0) is 126 Å². The van der Waals surface area contributed by atoms with Gasteiger partial charge in [-0.15, -0.1) is 0 Å². The van der Waals surface area contributed by atoms with E-state index in [-0.39, 0.29) is 42.7 Å². The number of esters is 1. The molecular weight excluding hydrogens is 813 g/mol. The number of hydrogen-bond acceptors (Lipinski definition) is 10. The van der Waals surface area contributed by atoms with Gasteiger partial charge in [0.25, 0.3) is 0 Å². The number of diazo groups is 1. The van der Waals surface area contributed by atoms with Gasteiger partial charge in [0.2, 0.25) is 5.39 Å². The highest BCUT2D eigenvalue weighted by Crippen LogP contribution is 2.58. The lowest BCUT2D eigenvalue weighted by atomic mass is 9.61. The highest BCUT2D eigenvalue weighted by molar-refractivity contribution is 6.73. The Morgan fingerprint density at radius 1 is 1.00 bits per heavy atom. The smallest absolute Gasteiger partial charge is 0.388 e. The molecule has 1 N–H and O–H groups in total. The van der Waals surface area contributed by atoms with Crippen LogP contribution in [0.25, 0.3) is 4.98 Å². The quantitative estimate of drug-likeness (QED) is 0.0204. The van der Waals surface area contributed by atoms with E-state index >= 15 is 0 Å². The molecule has 350 valence electrons. The number of aliphatic hydroxyl groups excluding tert-OH is 1. The molecule has 4 bridgehead atoms. The molecule has 63 heavy (non-hydrogen) atoms. The number of unbranched alkanes of at least 4 members (excludes halogenated alkanes) is 3. The van der Waals surface area contributed by atoms with Crippen LogP contribution in [-0.4, -0.2) is 71.9 Å². The maximum atomic E-state index is 13.6. The predicted octanol–water partition coefficient (Wildman–Crippen LogP) is 12.7. The van der Waals surface area contributed by atoms with Crippen molar-refractivity contribution in [3.8, 4) is 5.75 Å². The third-order valence-electron chi connectivity index (χ3n) is 14.1. The summed E-state index contributed by atoms with van der Waals surface area (Å²) in [6, 6.07) is 10.5. The van der Waals surface area contributed by atoms with Crippen molar-refractivity contribution in [3.05, 3.63) is 94.4 Å². The van der Waals surface area contributed by atoms with Gasteiger partial charge in [-0.3, -0.25) is 4.79 Å². The van der Waals surface area contributed by atoms with Crippen molar-refractivity contribution < 1.29 is 42.7 Å². The van der Waals surface area contributed by atoms with E-state index in [1.165, 1.54) is 0 Å². The van der Waals surface area contributed by atoms with Crippen molar-refractivity contribution in [2.45, 2.75) is 156 Å². The molecule has 2 aliphatic carbocycles. The van der Waals surface area contributed by atoms with Gasteiger partial charge in [0.05, 0.1) is 36.8 Å². The van der Waals surface area contributed by atoms with E-state index in [9.17, 15) is 15.3 Å². The average molecular weight is 892 g/mol. The van der Waals surface area contributed by atoms with Gasteiger partial charge >= 0.3 is 12.2 Å². The van der Waals surface area contributed by atoms with Gasteiger partial charge in [-0.25, -0.2) is 0 Å². The first-order chi connectivity index (χ1) is 30.2. The van der Waals surface area contributed by atoms with E-state index in [1.54, 1.807) is 21.3 Å². The summed E-state index contributed by atoms with van der Waals surface area (Å²) in [7, 11) is 2.81. The molecule has 0 spiro atoms. The Labute approximate surface area is 380 Å². The lowest BCUT2D eigenvalue weighted by Gasteiger charge is -2.49. The third kappa shape index (κ3) is 12.4. The van der Waals surface area contributed by atoms with Gasteiger partial charge in [0.15, 0.2) is 31.1 Å². The highest BCUT2D eigenvalue weighted by atomic mass is 28.4. The fourth-order valence-corrected chi connectivity index (χ4v) is 12.8. The molecule has 0 amide bonds. The van der Waals surface area contributed by atoms with Gasteiger partial charge in [-0.2, -0.15) is 0 Å². The molecule has 0 aromatic heterocycles. The van der Waals surface area contributed by atoms with Crippen LogP contribution in [0.4, 0.5) is 0 Å². The fraction of sp³-hybridized carbons (Fsp3) is 0.667. The predicted molar refractivity (Wildman–Crippen MR) is 252 cm³/mol. The summed E-state index contributed by atoms with van der Waals surface area (Å²) in [4.78, 5) is 16.9. The second kappa shape index (κ2) is 24.1. The first kappa shape index (κ1) is 52.1. The number of allylic oxidation sites excluding steroid dienone is 6. The molecule has 12 heteroatoms. The van der Waals surface area contributed by atoms with E-state index in [4.69, 9.17) is 32.8 Å². The van der Waals surface area contributed by atoms with Crippen molar-refractivity contribution in [2.24, 2.45) is 28.6 Å². The molecule has 11 nitrogen and oxygen atoms in total. The van der Waals surface area contributed by atoms with Gasteiger partial charge < -0.3 is 38.0 Å². The maximum absolute atomic E-state index is 13.6. The van der Waals surface area contributed by atoms with Gasteiger partial charge in [0.1, 0.15) is 12.4 Å². The number of nitrogens with zero attached hydrogens (tertiary/aromatic N) is 2. The van der Waals surface area contributed by atoms with Crippen molar-refractivity contribution >= 4 is 14.3 Å². The van der Waals surface area contributed by atoms with Crippen LogP contribution in [0, 0.1) is 34.0 Å². The zero-order valence-corrected chi connectivity index (χ0v) is 41.3. The second-order valence-corrected chi connectivity index (χ2v) is 23.3. The lowest BCUT2D eigenvalue weighted by Crippen LogP contribution is -2.55. The monoisotopic (exact) mass is 892 g/mol. The summed E-state index contributed by atoms with van der Waals surface area (Å²) >= 11 is 0. The molecule has 1 aromatic rings. The number of hydrogen-bond donors (Lipinski definition) is 1. The van der Waals surface area contributed by atoms with E-state index < -0.39 is 43.4 Å². The topological polar surface area (TPSA) is 130 Å².